The Kier molecular flexibility index (Phi) is 2.92. The van der Waals surface area contributed by atoms with E-state index in [1.54, 1.807) is 6.08 Å². The zero-order chi connectivity index (χ0) is 7.49. The van der Waals surface area contributed by atoms with E-state index in [9.17, 15) is 5.11 Å². The van der Waals surface area contributed by atoms with Crippen LogP contribution in [0.1, 0.15) is 27.2 Å². The van der Waals surface area contributed by atoms with Crippen LogP contribution in [0.3, 0.4) is 0 Å². The van der Waals surface area contributed by atoms with E-state index >= 15 is 0 Å². The minimum Gasteiger partial charge on any atom is -0.392 e. The molecule has 0 heterocycles. The molecule has 0 spiro atoms. The molecule has 0 amide bonds. The Morgan fingerprint density at radius 2 is 2.11 bits per heavy atom. The Balaban J connectivity index is 3.95. The summed E-state index contributed by atoms with van der Waals surface area (Å²) in [6.07, 6.45) is 2.33. The third-order valence-corrected chi connectivity index (χ3v) is 1.77. The molecule has 54 valence electrons. The topological polar surface area (TPSA) is 20.2 Å². The summed E-state index contributed by atoms with van der Waals surface area (Å²) in [5.41, 5.74) is -0.130. The van der Waals surface area contributed by atoms with Crippen molar-refractivity contribution in [2.75, 3.05) is 0 Å². The standard InChI is InChI=1S/C8H16O/c1-5-7(9)8(3,4)6-2/h6-7,9H,2,5H2,1,3-4H3/t7-/m1/s1. The summed E-state index contributed by atoms with van der Waals surface area (Å²) >= 11 is 0. The molecule has 0 aromatic carbocycles. The molecule has 0 fully saturated rings. The molecular formula is C8H16O. The molecule has 0 aromatic heterocycles. The first-order chi connectivity index (χ1) is 4.04. The van der Waals surface area contributed by atoms with Crippen molar-refractivity contribution >= 4 is 0 Å². The van der Waals surface area contributed by atoms with Crippen molar-refractivity contribution in [3.8, 4) is 0 Å². The molecule has 9 heavy (non-hydrogen) atoms. The van der Waals surface area contributed by atoms with Gasteiger partial charge in [0.25, 0.3) is 0 Å². The number of aliphatic hydroxyl groups is 1. The van der Waals surface area contributed by atoms with Crippen LogP contribution >= 0.6 is 0 Å². The SMILES string of the molecule is C=CC(C)(C)[C@H](O)CC. The highest BCUT2D eigenvalue weighted by Crippen LogP contribution is 2.23. The van der Waals surface area contributed by atoms with Crippen LogP contribution < -0.4 is 0 Å². The molecular weight excluding hydrogens is 112 g/mol. The van der Waals surface area contributed by atoms with Crippen molar-refractivity contribution in [2.45, 2.75) is 33.3 Å². The fourth-order valence-electron chi connectivity index (χ4n) is 0.662. The lowest BCUT2D eigenvalue weighted by Crippen LogP contribution is -2.25. The molecule has 0 aliphatic rings. The first kappa shape index (κ1) is 8.70. The van der Waals surface area contributed by atoms with Crippen molar-refractivity contribution < 1.29 is 5.11 Å². The second kappa shape index (κ2) is 3.02. The van der Waals surface area contributed by atoms with Crippen LogP contribution in [0, 0.1) is 5.41 Å². The zero-order valence-corrected chi connectivity index (χ0v) is 6.52. The lowest BCUT2D eigenvalue weighted by molar-refractivity contribution is 0.0788. The molecule has 0 aromatic rings. The average molecular weight is 128 g/mol. The largest absolute Gasteiger partial charge is 0.392 e. The number of hydrogen-bond donors (Lipinski definition) is 1. The summed E-state index contributed by atoms with van der Waals surface area (Å²) in [7, 11) is 0. The first-order valence-electron chi connectivity index (χ1n) is 3.36. The van der Waals surface area contributed by atoms with Gasteiger partial charge in [-0.05, 0) is 6.42 Å². The molecule has 0 radical (unpaired) electrons. The maximum absolute atomic E-state index is 9.31. The first-order valence-corrected chi connectivity index (χ1v) is 3.36. The van der Waals surface area contributed by atoms with Crippen LogP contribution in [0.15, 0.2) is 12.7 Å². The Morgan fingerprint density at radius 1 is 1.67 bits per heavy atom. The van der Waals surface area contributed by atoms with E-state index in [1.165, 1.54) is 0 Å². The number of aliphatic hydroxyl groups excluding tert-OH is 1. The van der Waals surface area contributed by atoms with Gasteiger partial charge in [0, 0.05) is 5.41 Å². The van der Waals surface area contributed by atoms with E-state index in [0.717, 1.165) is 6.42 Å². The van der Waals surface area contributed by atoms with Crippen LogP contribution in [0.25, 0.3) is 0 Å². The third-order valence-electron chi connectivity index (χ3n) is 1.77. The summed E-state index contributed by atoms with van der Waals surface area (Å²) in [5, 5.41) is 9.31. The normalized spacial score (nSPS) is 15.1. The van der Waals surface area contributed by atoms with Crippen molar-refractivity contribution in [1.82, 2.24) is 0 Å². The third kappa shape index (κ3) is 2.19. The summed E-state index contributed by atoms with van der Waals surface area (Å²) < 4.78 is 0. The maximum atomic E-state index is 9.31. The average Bonchev–Trinajstić information content (AvgIpc) is 1.86. The van der Waals surface area contributed by atoms with E-state index in [2.05, 4.69) is 6.58 Å². The van der Waals surface area contributed by atoms with Crippen molar-refractivity contribution in [1.29, 1.82) is 0 Å². The number of rotatable bonds is 3. The van der Waals surface area contributed by atoms with Gasteiger partial charge < -0.3 is 5.11 Å². The monoisotopic (exact) mass is 128 g/mol. The lowest BCUT2D eigenvalue weighted by Gasteiger charge is -2.25. The zero-order valence-electron chi connectivity index (χ0n) is 6.52. The molecule has 0 aliphatic carbocycles. The molecule has 0 aliphatic heterocycles. The molecule has 1 nitrogen and oxygen atoms in total. The van der Waals surface area contributed by atoms with Gasteiger partial charge in [0.2, 0.25) is 0 Å². The van der Waals surface area contributed by atoms with Crippen LogP contribution in [0.5, 0.6) is 0 Å². The van der Waals surface area contributed by atoms with E-state index < -0.39 is 0 Å². The van der Waals surface area contributed by atoms with Crippen LogP contribution in [0.4, 0.5) is 0 Å². The molecule has 0 saturated carbocycles. The minimum atomic E-state index is -0.255. The minimum absolute atomic E-state index is 0.130. The summed E-state index contributed by atoms with van der Waals surface area (Å²) in [6, 6.07) is 0. The smallest absolute Gasteiger partial charge is 0.0622 e. The van der Waals surface area contributed by atoms with Gasteiger partial charge in [-0.15, -0.1) is 6.58 Å². The summed E-state index contributed by atoms with van der Waals surface area (Å²) in [4.78, 5) is 0. The molecule has 0 saturated heterocycles. The van der Waals surface area contributed by atoms with E-state index in [4.69, 9.17) is 0 Å². The van der Waals surface area contributed by atoms with E-state index in [-0.39, 0.29) is 11.5 Å². The second-order valence-corrected chi connectivity index (χ2v) is 2.95. The fourth-order valence-corrected chi connectivity index (χ4v) is 0.662. The van der Waals surface area contributed by atoms with Crippen LogP contribution in [0.2, 0.25) is 0 Å². The molecule has 1 N–H and O–H groups in total. The highest BCUT2D eigenvalue weighted by Gasteiger charge is 2.21. The number of hydrogen-bond acceptors (Lipinski definition) is 1. The lowest BCUT2D eigenvalue weighted by atomic mass is 9.85. The van der Waals surface area contributed by atoms with Gasteiger partial charge >= 0.3 is 0 Å². The molecule has 0 unspecified atom stereocenters. The molecule has 0 bridgehead atoms. The van der Waals surface area contributed by atoms with Gasteiger partial charge in [-0.2, -0.15) is 0 Å². The van der Waals surface area contributed by atoms with Crippen LogP contribution in [-0.4, -0.2) is 11.2 Å². The van der Waals surface area contributed by atoms with Gasteiger partial charge in [0.05, 0.1) is 6.10 Å². The molecule has 1 heteroatoms. The summed E-state index contributed by atoms with van der Waals surface area (Å²) in [6.45, 7) is 9.57. The predicted molar refractivity (Wildman–Crippen MR) is 40.3 cm³/mol. The highest BCUT2D eigenvalue weighted by atomic mass is 16.3. The van der Waals surface area contributed by atoms with E-state index in [0.29, 0.717) is 0 Å². The Hall–Kier alpha value is -0.300. The van der Waals surface area contributed by atoms with Crippen LogP contribution in [-0.2, 0) is 0 Å². The van der Waals surface area contributed by atoms with Gasteiger partial charge in [0.15, 0.2) is 0 Å². The van der Waals surface area contributed by atoms with Gasteiger partial charge in [-0.3, -0.25) is 0 Å². The van der Waals surface area contributed by atoms with Crippen molar-refractivity contribution in [3.63, 3.8) is 0 Å². The second-order valence-electron chi connectivity index (χ2n) is 2.95. The molecule has 1 atom stereocenters. The van der Waals surface area contributed by atoms with Crippen molar-refractivity contribution in [3.05, 3.63) is 12.7 Å². The fraction of sp³-hybridized carbons (Fsp3) is 0.750. The Labute approximate surface area is 57.4 Å². The van der Waals surface area contributed by atoms with E-state index in [1.807, 2.05) is 20.8 Å². The highest BCUT2D eigenvalue weighted by molar-refractivity contribution is 4.92. The Bertz CT molecular complexity index is 94.7. The van der Waals surface area contributed by atoms with Gasteiger partial charge in [-0.25, -0.2) is 0 Å². The Morgan fingerprint density at radius 3 is 2.22 bits per heavy atom. The van der Waals surface area contributed by atoms with Gasteiger partial charge in [0.1, 0.15) is 0 Å². The predicted octanol–water partition coefficient (Wildman–Crippen LogP) is 1.97. The van der Waals surface area contributed by atoms with Crippen molar-refractivity contribution in [2.24, 2.45) is 5.41 Å². The summed E-state index contributed by atoms with van der Waals surface area (Å²) in [5.74, 6) is 0. The quantitative estimate of drug-likeness (QED) is 0.576. The molecule has 0 rings (SSSR count). The van der Waals surface area contributed by atoms with Gasteiger partial charge in [-0.1, -0.05) is 26.8 Å². The maximum Gasteiger partial charge on any atom is 0.0622 e.